The third-order valence-corrected chi connectivity index (χ3v) is 4.72. The molecule has 2 rings (SSSR count). The summed E-state index contributed by atoms with van der Waals surface area (Å²) >= 11 is 0. The highest BCUT2D eigenvalue weighted by Crippen LogP contribution is 2.42. The molecule has 1 atom stereocenters. The number of rotatable bonds is 4. The highest BCUT2D eigenvalue weighted by atomic mass is 16.4. The number of piperidine rings is 1. The molecule has 2 aliphatic rings. The molecule has 0 bridgehead atoms. The Kier molecular flexibility index (Phi) is 5.02. The van der Waals surface area contributed by atoms with E-state index in [1.807, 2.05) is 0 Å². The van der Waals surface area contributed by atoms with Gasteiger partial charge in [-0.05, 0) is 31.1 Å². The first-order valence-corrected chi connectivity index (χ1v) is 7.68. The molecule has 2 fully saturated rings. The van der Waals surface area contributed by atoms with Gasteiger partial charge in [-0.25, -0.2) is 0 Å². The van der Waals surface area contributed by atoms with E-state index in [4.69, 9.17) is 5.11 Å². The van der Waals surface area contributed by atoms with Gasteiger partial charge in [-0.2, -0.15) is 0 Å². The summed E-state index contributed by atoms with van der Waals surface area (Å²) in [7, 11) is 0. The molecule has 5 nitrogen and oxygen atoms in total. The Balaban J connectivity index is 1.99. The standard InChI is InChI=1S/C15H25NO4/c17-12-5-4-8-16(11-12)13(18)9-15(10-14(19)20)6-2-1-3-7-15/h12,17H,1-11H2,(H,19,20). The zero-order valence-electron chi connectivity index (χ0n) is 12.0. The van der Waals surface area contributed by atoms with E-state index in [9.17, 15) is 14.7 Å². The lowest BCUT2D eigenvalue weighted by Crippen LogP contribution is -2.44. The fourth-order valence-electron chi connectivity index (χ4n) is 3.65. The van der Waals surface area contributed by atoms with Crippen LogP contribution in [0.3, 0.4) is 0 Å². The van der Waals surface area contributed by atoms with Crippen LogP contribution in [0.25, 0.3) is 0 Å². The van der Waals surface area contributed by atoms with E-state index >= 15 is 0 Å². The molecular formula is C15H25NO4. The van der Waals surface area contributed by atoms with Crippen LogP contribution < -0.4 is 0 Å². The van der Waals surface area contributed by atoms with E-state index in [2.05, 4.69) is 0 Å². The number of carboxylic acids is 1. The van der Waals surface area contributed by atoms with Crippen molar-refractivity contribution in [2.24, 2.45) is 5.41 Å². The minimum absolute atomic E-state index is 0.0203. The molecule has 2 N–H and O–H groups in total. The Hall–Kier alpha value is -1.10. The number of hydrogen-bond donors (Lipinski definition) is 2. The van der Waals surface area contributed by atoms with Crippen LogP contribution in [0.1, 0.15) is 57.8 Å². The van der Waals surface area contributed by atoms with Crippen molar-refractivity contribution in [3.8, 4) is 0 Å². The topological polar surface area (TPSA) is 77.8 Å². The second-order valence-electron chi connectivity index (χ2n) is 6.44. The molecule has 1 aliphatic carbocycles. The summed E-state index contributed by atoms with van der Waals surface area (Å²) in [5, 5.41) is 18.8. The number of aliphatic hydroxyl groups excluding tert-OH is 1. The van der Waals surface area contributed by atoms with Crippen molar-refractivity contribution in [3.63, 3.8) is 0 Å². The Bertz CT molecular complexity index is 363. The summed E-state index contributed by atoms with van der Waals surface area (Å²) in [4.78, 5) is 25.3. The Morgan fingerprint density at radius 1 is 1.10 bits per heavy atom. The quantitative estimate of drug-likeness (QED) is 0.824. The van der Waals surface area contributed by atoms with E-state index in [1.54, 1.807) is 4.90 Å². The van der Waals surface area contributed by atoms with Gasteiger partial charge in [-0.3, -0.25) is 9.59 Å². The summed E-state index contributed by atoms with van der Waals surface area (Å²) in [6, 6.07) is 0. The SMILES string of the molecule is O=C(O)CC1(CC(=O)N2CCCC(O)C2)CCCCC1. The number of β-amino-alcohol motifs (C(OH)–C–C–N with tert-alkyl or cyclic N) is 1. The molecule has 0 aromatic heterocycles. The van der Waals surface area contributed by atoms with E-state index in [0.717, 1.165) is 44.9 Å². The highest BCUT2D eigenvalue weighted by Gasteiger charge is 2.38. The lowest BCUT2D eigenvalue weighted by molar-refractivity contribution is -0.143. The van der Waals surface area contributed by atoms with Crippen LogP contribution in [0, 0.1) is 5.41 Å². The monoisotopic (exact) mass is 283 g/mol. The highest BCUT2D eigenvalue weighted by molar-refractivity contribution is 5.78. The first-order valence-electron chi connectivity index (χ1n) is 7.68. The minimum Gasteiger partial charge on any atom is -0.481 e. The number of carboxylic acid groups (broad SMARTS) is 1. The van der Waals surface area contributed by atoms with Gasteiger partial charge in [0.15, 0.2) is 0 Å². The van der Waals surface area contributed by atoms with Gasteiger partial charge in [0, 0.05) is 19.5 Å². The third-order valence-electron chi connectivity index (χ3n) is 4.72. The first-order chi connectivity index (χ1) is 9.51. The summed E-state index contributed by atoms with van der Waals surface area (Å²) < 4.78 is 0. The van der Waals surface area contributed by atoms with Crippen LogP contribution >= 0.6 is 0 Å². The van der Waals surface area contributed by atoms with Crippen LogP contribution in [-0.2, 0) is 9.59 Å². The van der Waals surface area contributed by atoms with Crippen molar-refractivity contribution >= 4 is 11.9 Å². The molecule has 1 amide bonds. The van der Waals surface area contributed by atoms with Crippen LogP contribution in [0.15, 0.2) is 0 Å². The van der Waals surface area contributed by atoms with Crippen LogP contribution in [0.2, 0.25) is 0 Å². The second kappa shape index (κ2) is 6.57. The molecule has 1 aliphatic heterocycles. The average molecular weight is 283 g/mol. The number of aliphatic carboxylic acids is 1. The molecule has 1 saturated heterocycles. The van der Waals surface area contributed by atoms with Crippen molar-refractivity contribution in [2.45, 2.75) is 63.9 Å². The lowest BCUT2D eigenvalue weighted by Gasteiger charge is -2.38. The van der Waals surface area contributed by atoms with E-state index in [0.29, 0.717) is 19.5 Å². The molecule has 114 valence electrons. The summed E-state index contributed by atoms with van der Waals surface area (Å²) in [6.45, 7) is 1.10. The maximum atomic E-state index is 12.4. The summed E-state index contributed by atoms with van der Waals surface area (Å²) in [6.07, 6.45) is 6.42. The van der Waals surface area contributed by atoms with Crippen LogP contribution in [0.4, 0.5) is 0 Å². The Labute approximate surface area is 120 Å². The summed E-state index contributed by atoms with van der Waals surface area (Å²) in [5.41, 5.74) is -0.358. The van der Waals surface area contributed by atoms with Gasteiger partial charge in [0.25, 0.3) is 0 Å². The van der Waals surface area contributed by atoms with Crippen LogP contribution in [0.5, 0.6) is 0 Å². The number of nitrogens with zero attached hydrogens (tertiary/aromatic N) is 1. The van der Waals surface area contributed by atoms with Gasteiger partial charge in [0.1, 0.15) is 0 Å². The smallest absolute Gasteiger partial charge is 0.303 e. The number of aliphatic hydroxyl groups is 1. The fourth-order valence-corrected chi connectivity index (χ4v) is 3.65. The second-order valence-corrected chi connectivity index (χ2v) is 6.44. The number of amides is 1. The maximum absolute atomic E-state index is 12.4. The normalized spacial score (nSPS) is 26.2. The minimum atomic E-state index is -0.807. The summed E-state index contributed by atoms with van der Waals surface area (Å²) in [5.74, 6) is -0.787. The van der Waals surface area contributed by atoms with Gasteiger partial charge in [0.05, 0.1) is 12.5 Å². The number of hydrogen-bond acceptors (Lipinski definition) is 3. The molecule has 1 saturated carbocycles. The number of likely N-dealkylation sites (tertiary alicyclic amines) is 1. The molecule has 0 aromatic carbocycles. The van der Waals surface area contributed by atoms with Crippen LogP contribution in [-0.4, -0.2) is 46.2 Å². The largest absolute Gasteiger partial charge is 0.481 e. The first kappa shape index (κ1) is 15.3. The predicted molar refractivity (Wildman–Crippen MR) is 74.2 cm³/mol. The van der Waals surface area contributed by atoms with Gasteiger partial charge >= 0.3 is 5.97 Å². The fraction of sp³-hybridized carbons (Fsp3) is 0.867. The average Bonchev–Trinajstić information content (AvgIpc) is 2.38. The zero-order chi connectivity index (χ0) is 14.6. The van der Waals surface area contributed by atoms with E-state index in [1.165, 1.54) is 0 Å². The molecule has 0 aromatic rings. The maximum Gasteiger partial charge on any atom is 0.303 e. The molecule has 0 spiro atoms. The molecule has 5 heteroatoms. The van der Waals surface area contributed by atoms with Gasteiger partial charge in [-0.1, -0.05) is 19.3 Å². The number of carbonyl (C=O) groups is 2. The van der Waals surface area contributed by atoms with Gasteiger partial charge < -0.3 is 15.1 Å². The Morgan fingerprint density at radius 2 is 1.80 bits per heavy atom. The molecule has 20 heavy (non-hydrogen) atoms. The Morgan fingerprint density at radius 3 is 2.40 bits per heavy atom. The zero-order valence-corrected chi connectivity index (χ0v) is 12.0. The predicted octanol–water partition coefficient (Wildman–Crippen LogP) is 1.78. The van der Waals surface area contributed by atoms with Crippen molar-refractivity contribution in [1.82, 2.24) is 4.90 Å². The number of carbonyl (C=O) groups excluding carboxylic acids is 1. The van der Waals surface area contributed by atoms with E-state index in [-0.39, 0.29) is 17.7 Å². The van der Waals surface area contributed by atoms with Crippen molar-refractivity contribution < 1.29 is 19.8 Å². The van der Waals surface area contributed by atoms with Crippen molar-refractivity contribution in [1.29, 1.82) is 0 Å². The molecule has 0 radical (unpaired) electrons. The van der Waals surface area contributed by atoms with Crippen molar-refractivity contribution in [3.05, 3.63) is 0 Å². The molecule has 1 unspecified atom stereocenters. The van der Waals surface area contributed by atoms with Gasteiger partial charge in [-0.15, -0.1) is 0 Å². The van der Waals surface area contributed by atoms with Crippen molar-refractivity contribution in [2.75, 3.05) is 13.1 Å². The molecule has 1 heterocycles. The van der Waals surface area contributed by atoms with E-state index < -0.39 is 12.1 Å². The molecular weight excluding hydrogens is 258 g/mol. The van der Waals surface area contributed by atoms with Gasteiger partial charge in [0.2, 0.25) is 5.91 Å². The lowest BCUT2D eigenvalue weighted by atomic mass is 9.69. The third kappa shape index (κ3) is 3.95.